The van der Waals surface area contributed by atoms with Crippen LogP contribution in [0, 0.1) is 0 Å². The van der Waals surface area contributed by atoms with Gasteiger partial charge in [-0.1, -0.05) is 36.4 Å². The summed E-state index contributed by atoms with van der Waals surface area (Å²) in [5, 5.41) is 7.65. The fraction of sp³-hybridized carbons (Fsp3) is 0.0526. The van der Waals surface area contributed by atoms with Crippen LogP contribution in [-0.2, 0) is 0 Å². The van der Waals surface area contributed by atoms with Gasteiger partial charge in [-0.15, -0.1) is 0 Å². The third kappa shape index (κ3) is 1.79. The van der Waals surface area contributed by atoms with Gasteiger partial charge in [0.1, 0.15) is 0 Å². The summed E-state index contributed by atoms with van der Waals surface area (Å²) in [4.78, 5) is 0. The van der Waals surface area contributed by atoms with Crippen molar-refractivity contribution >= 4 is 33.7 Å². The highest BCUT2D eigenvalue weighted by Gasteiger charge is 2.00. The van der Waals surface area contributed by atoms with E-state index in [0.717, 1.165) is 12.1 Å². The minimum atomic E-state index is 0.822. The van der Waals surface area contributed by atoms with Crippen molar-refractivity contribution in [1.29, 1.82) is 0 Å². The Balaban J connectivity index is 2.12. The van der Waals surface area contributed by atoms with E-state index < -0.39 is 0 Å². The molecule has 0 aliphatic heterocycles. The van der Waals surface area contributed by atoms with E-state index in [4.69, 9.17) is 5.73 Å². The topological polar surface area (TPSA) is 26.0 Å². The maximum atomic E-state index is 5.92. The van der Waals surface area contributed by atoms with Gasteiger partial charge in [0.25, 0.3) is 0 Å². The zero-order valence-corrected chi connectivity index (χ0v) is 11.1. The van der Waals surface area contributed by atoms with Crippen molar-refractivity contribution in [3.05, 3.63) is 70.7 Å². The van der Waals surface area contributed by atoms with E-state index in [-0.39, 0.29) is 0 Å². The number of rotatable bonds is 0. The number of nitrogens with two attached hydrogens (primary N) is 1. The van der Waals surface area contributed by atoms with E-state index in [1.807, 2.05) is 6.08 Å². The molecule has 0 fully saturated rings. The minimum absolute atomic E-state index is 0.822. The van der Waals surface area contributed by atoms with Gasteiger partial charge >= 0.3 is 0 Å². The lowest BCUT2D eigenvalue weighted by atomic mass is 10.0. The first kappa shape index (κ1) is 11.3. The first-order valence-corrected chi connectivity index (χ1v) is 6.89. The standard InChI is InChI=1S/C19H15N/c20-19-7-5-15-11-17-9-13-3-1-2-4-14(13)10-18(17)12-16(15)6-8-19/h1-7,9-12H,8,20H2. The Bertz CT molecular complexity index is 978. The maximum absolute atomic E-state index is 5.92. The van der Waals surface area contributed by atoms with Gasteiger partial charge in [-0.3, -0.25) is 0 Å². The molecule has 1 heteroatoms. The van der Waals surface area contributed by atoms with Crippen LogP contribution in [0.5, 0.6) is 0 Å². The molecule has 3 aromatic carbocycles. The largest absolute Gasteiger partial charge is 0.402 e. The molecule has 0 heterocycles. The van der Waals surface area contributed by atoms with E-state index in [9.17, 15) is 0 Å². The Morgan fingerprint density at radius 3 is 2.05 bits per heavy atom. The van der Waals surface area contributed by atoms with Crippen molar-refractivity contribution in [1.82, 2.24) is 0 Å². The molecule has 1 nitrogen and oxygen atoms in total. The monoisotopic (exact) mass is 257 g/mol. The summed E-state index contributed by atoms with van der Waals surface area (Å²) < 4.78 is 0. The summed E-state index contributed by atoms with van der Waals surface area (Å²) in [6.45, 7) is 0. The lowest BCUT2D eigenvalue weighted by molar-refractivity contribution is 1.22. The van der Waals surface area contributed by atoms with E-state index in [0.29, 0.717) is 0 Å². The van der Waals surface area contributed by atoms with E-state index in [1.165, 1.54) is 32.0 Å². The van der Waals surface area contributed by atoms with Crippen molar-refractivity contribution in [3.8, 4) is 0 Å². The summed E-state index contributed by atoms with van der Waals surface area (Å²) in [5.41, 5.74) is 6.83. The lowest BCUT2D eigenvalue weighted by Crippen LogP contribution is -2.23. The smallest absolute Gasteiger partial charge is 0.0119 e. The molecule has 0 saturated carbocycles. The van der Waals surface area contributed by atoms with Crippen molar-refractivity contribution in [2.75, 3.05) is 0 Å². The molecule has 0 unspecified atom stereocenters. The van der Waals surface area contributed by atoms with Crippen LogP contribution in [0.2, 0.25) is 0 Å². The minimum Gasteiger partial charge on any atom is -0.402 e. The van der Waals surface area contributed by atoms with Gasteiger partial charge in [0, 0.05) is 12.1 Å². The maximum Gasteiger partial charge on any atom is 0.0119 e. The van der Waals surface area contributed by atoms with Gasteiger partial charge in [-0.25, -0.2) is 0 Å². The van der Waals surface area contributed by atoms with Crippen LogP contribution in [0.25, 0.3) is 33.7 Å². The van der Waals surface area contributed by atoms with Gasteiger partial charge in [-0.05, 0) is 62.3 Å². The molecular weight excluding hydrogens is 242 g/mol. The van der Waals surface area contributed by atoms with Crippen molar-refractivity contribution < 1.29 is 0 Å². The molecule has 1 aliphatic carbocycles. The van der Waals surface area contributed by atoms with Crippen molar-refractivity contribution in [2.24, 2.45) is 5.73 Å². The van der Waals surface area contributed by atoms with Crippen molar-refractivity contribution in [2.45, 2.75) is 6.42 Å². The second-order valence-electron chi connectivity index (χ2n) is 5.34. The molecule has 0 aromatic heterocycles. The summed E-state index contributed by atoms with van der Waals surface area (Å²) in [7, 11) is 0. The Kier molecular flexibility index (Phi) is 2.40. The Hall–Kier alpha value is -2.54. The van der Waals surface area contributed by atoms with Gasteiger partial charge in [0.2, 0.25) is 0 Å². The van der Waals surface area contributed by atoms with Crippen LogP contribution in [0.3, 0.4) is 0 Å². The quantitative estimate of drug-likeness (QED) is 0.616. The van der Waals surface area contributed by atoms with E-state index in [2.05, 4.69) is 60.7 Å². The number of hydrogen-bond donors (Lipinski definition) is 1. The number of benzene rings is 3. The predicted molar refractivity (Wildman–Crippen MR) is 86.5 cm³/mol. The van der Waals surface area contributed by atoms with Gasteiger partial charge in [-0.2, -0.15) is 0 Å². The van der Waals surface area contributed by atoms with E-state index in [1.54, 1.807) is 0 Å². The normalized spacial score (nSPS) is 14.1. The van der Waals surface area contributed by atoms with Gasteiger partial charge in [0.15, 0.2) is 0 Å². The average Bonchev–Trinajstić information content (AvgIpc) is 2.65. The molecule has 0 radical (unpaired) electrons. The number of hydrogen-bond acceptors (Lipinski definition) is 1. The number of allylic oxidation sites excluding steroid dienone is 2. The fourth-order valence-electron chi connectivity index (χ4n) is 2.84. The summed E-state index contributed by atoms with van der Waals surface area (Å²) in [6, 6.07) is 17.5. The van der Waals surface area contributed by atoms with Crippen LogP contribution in [0.4, 0.5) is 0 Å². The third-order valence-corrected chi connectivity index (χ3v) is 3.94. The molecular formula is C19H15N. The molecule has 0 amide bonds. The molecule has 0 atom stereocenters. The first-order chi connectivity index (χ1) is 9.79. The molecule has 0 bridgehead atoms. The summed E-state index contributed by atoms with van der Waals surface area (Å²) in [6.07, 6.45) is 7.15. The van der Waals surface area contributed by atoms with Crippen molar-refractivity contribution in [3.63, 3.8) is 0 Å². The Morgan fingerprint density at radius 2 is 1.35 bits per heavy atom. The molecule has 1 aliphatic rings. The second kappa shape index (κ2) is 4.24. The van der Waals surface area contributed by atoms with Gasteiger partial charge in [0.05, 0.1) is 0 Å². The Morgan fingerprint density at radius 1 is 0.700 bits per heavy atom. The highest BCUT2D eigenvalue weighted by atomic mass is 14.6. The lowest BCUT2D eigenvalue weighted by Gasteiger charge is -2.03. The van der Waals surface area contributed by atoms with Crippen LogP contribution in [0.15, 0.2) is 60.3 Å². The van der Waals surface area contributed by atoms with Crippen LogP contribution in [0.1, 0.15) is 6.42 Å². The summed E-state index contributed by atoms with van der Waals surface area (Å²) in [5.74, 6) is 0. The fourth-order valence-corrected chi connectivity index (χ4v) is 2.84. The second-order valence-corrected chi connectivity index (χ2v) is 5.34. The molecule has 0 spiro atoms. The van der Waals surface area contributed by atoms with Crippen LogP contribution in [-0.4, -0.2) is 0 Å². The molecule has 0 saturated heterocycles. The molecule has 2 N–H and O–H groups in total. The highest BCUT2D eigenvalue weighted by molar-refractivity contribution is 5.98. The molecule has 96 valence electrons. The Labute approximate surface area is 117 Å². The highest BCUT2D eigenvalue weighted by Crippen LogP contribution is 2.20. The predicted octanol–water partition coefficient (Wildman–Crippen LogP) is 2.80. The zero-order chi connectivity index (χ0) is 13.5. The first-order valence-electron chi connectivity index (χ1n) is 6.89. The average molecular weight is 257 g/mol. The van der Waals surface area contributed by atoms with Crippen LogP contribution < -0.4 is 16.2 Å². The SMILES string of the molecule is NC1=CC=c2cc3cc4ccccc4cc3cc2=CC1. The molecule has 3 aromatic rings. The molecule has 4 rings (SSSR count). The summed E-state index contributed by atoms with van der Waals surface area (Å²) >= 11 is 0. The molecule has 20 heavy (non-hydrogen) atoms. The zero-order valence-electron chi connectivity index (χ0n) is 11.1. The van der Waals surface area contributed by atoms with Gasteiger partial charge < -0.3 is 5.73 Å². The van der Waals surface area contributed by atoms with E-state index >= 15 is 0 Å². The third-order valence-electron chi connectivity index (χ3n) is 3.94. The van der Waals surface area contributed by atoms with Crippen LogP contribution >= 0.6 is 0 Å². The number of fused-ring (bicyclic) bond motifs is 3.